The Labute approximate surface area is 142 Å². The van der Waals surface area contributed by atoms with Crippen LogP contribution in [-0.2, 0) is 24.4 Å². The largest absolute Gasteiger partial charge is 0.748 e. The molecule has 0 heterocycles. The van der Waals surface area contributed by atoms with E-state index in [1.54, 1.807) is 0 Å². The van der Waals surface area contributed by atoms with Crippen LogP contribution in [0.4, 0.5) is 0 Å². The van der Waals surface area contributed by atoms with Gasteiger partial charge in [-0.3, -0.25) is 9.59 Å². The van der Waals surface area contributed by atoms with Crippen molar-refractivity contribution in [3.63, 3.8) is 0 Å². The first-order valence-corrected chi connectivity index (χ1v) is 10.4. The van der Waals surface area contributed by atoms with Crippen molar-refractivity contribution in [3.8, 4) is 0 Å². The van der Waals surface area contributed by atoms with Crippen molar-refractivity contribution < 1.29 is 27.3 Å². The molecule has 5 fully saturated rings. The maximum Gasteiger partial charge on any atom is 0.309 e. The van der Waals surface area contributed by atoms with Crippen molar-refractivity contribution in [1.82, 2.24) is 0 Å². The number of esters is 1. The lowest BCUT2D eigenvalue weighted by Gasteiger charge is -2.54. The number of hydrogen-bond acceptors (Lipinski definition) is 6. The smallest absolute Gasteiger partial charge is 0.309 e. The summed E-state index contributed by atoms with van der Waals surface area (Å²) >= 11 is 0. The van der Waals surface area contributed by atoms with Gasteiger partial charge in [-0.15, -0.1) is 0 Å². The van der Waals surface area contributed by atoms with Crippen LogP contribution in [0, 0.1) is 23.7 Å². The summed E-state index contributed by atoms with van der Waals surface area (Å²) in [6, 6.07) is 0. The second kappa shape index (κ2) is 5.53. The molecule has 5 saturated carbocycles. The average Bonchev–Trinajstić information content (AvgIpc) is 2.50. The lowest BCUT2D eigenvalue weighted by molar-refractivity contribution is -0.193. The fourth-order valence-electron chi connectivity index (χ4n) is 5.68. The van der Waals surface area contributed by atoms with Crippen molar-refractivity contribution in [2.75, 3.05) is 0 Å². The van der Waals surface area contributed by atoms with Crippen LogP contribution in [0.5, 0.6) is 0 Å². The van der Waals surface area contributed by atoms with Gasteiger partial charge < -0.3 is 9.29 Å². The quantitative estimate of drug-likeness (QED) is 0.565. The van der Waals surface area contributed by atoms with Gasteiger partial charge in [0, 0.05) is 17.1 Å². The van der Waals surface area contributed by atoms with Gasteiger partial charge in [0.15, 0.2) is 0 Å². The van der Waals surface area contributed by atoms with Crippen LogP contribution in [0.3, 0.4) is 0 Å². The Morgan fingerprint density at radius 3 is 2.17 bits per heavy atom. The molecule has 0 aromatic rings. The van der Waals surface area contributed by atoms with Gasteiger partial charge in [-0.05, 0) is 63.7 Å². The van der Waals surface area contributed by atoms with Crippen LogP contribution in [0.25, 0.3) is 0 Å². The maximum atomic E-state index is 12.6. The lowest BCUT2D eigenvalue weighted by Crippen LogP contribution is -2.57. The van der Waals surface area contributed by atoms with Gasteiger partial charge in [0.2, 0.25) is 0 Å². The topological polar surface area (TPSA) is 101 Å². The Morgan fingerprint density at radius 2 is 1.62 bits per heavy atom. The summed E-state index contributed by atoms with van der Waals surface area (Å²) in [6.07, 6.45) is 5.36. The molecule has 7 heteroatoms. The molecule has 0 aromatic heterocycles. The summed E-state index contributed by atoms with van der Waals surface area (Å²) in [6.45, 7) is 0. The van der Waals surface area contributed by atoms with Crippen LogP contribution >= 0.6 is 0 Å². The van der Waals surface area contributed by atoms with Gasteiger partial charge in [-0.2, -0.15) is 0 Å². The van der Waals surface area contributed by atoms with Crippen molar-refractivity contribution >= 4 is 21.9 Å². The molecule has 134 valence electrons. The molecule has 2 atom stereocenters. The molecule has 0 saturated heterocycles. The zero-order chi connectivity index (χ0) is 17.1. The predicted molar refractivity (Wildman–Crippen MR) is 82.8 cm³/mol. The van der Waals surface area contributed by atoms with Gasteiger partial charge in [0.05, 0.1) is 16.0 Å². The van der Waals surface area contributed by atoms with E-state index in [1.807, 2.05) is 0 Å². The minimum atomic E-state index is -4.26. The van der Waals surface area contributed by atoms with Crippen molar-refractivity contribution in [2.24, 2.45) is 23.7 Å². The Kier molecular flexibility index (Phi) is 3.80. The molecule has 5 rings (SSSR count). The third-order valence-corrected chi connectivity index (χ3v) is 7.96. The first-order valence-electron chi connectivity index (χ1n) is 8.97. The Balaban J connectivity index is 1.40. The number of carbonyl (C=O) groups excluding carboxylic acids is 2. The zero-order valence-electron chi connectivity index (χ0n) is 13.6. The summed E-state index contributed by atoms with van der Waals surface area (Å²) in [4.78, 5) is 24.8. The van der Waals surface area contributed by atoms with Gasteiger partial charge in [-0.1, -0.05) is 0 Å². The molecule has 0 aliphatic heterocycles. The van der Waals surface area contributed by atoms with Gasteiger partial charge in [0.1, 0.15) is 11.4 Å². The highest BCUT2D eigenvalue weighted by molar-refractivity contribution is 7.86. The van der Waals surface area contributed by atoms with Crippen LogP contribution in [0.2, 0.25) is 0 Å². The molecule has 5 aliphatic rings. The van der Waals surface area contributed by atoms with Gasteiger partial charge >= 0.3 is 5.97 Å². The Bertz CT molecular complexity index is 643. The number of carbonyl (C=O) groups is 2. The second-order valence-corrected chi connectivity index (χ2v) is 9.97. The number of rotatable bonds is 3. The van der Waals surface area contributed by atoms with E-state index in [1.165, 1.54) is 0 Å². The van der Waals surface area contributed by atoms with E-state index in [0.717, 1.165) is 19.3 Å². The fourth-order valence-corrected chi connectivity index (χ4v) is 6.53. The summed E-state index contributed by atoms with van der Waals surface area (Å²) in [5.41, 5.74) is -0.469. The minimum Gasteiger partial charge on any atom is -0.748 e. The number of hydrogen-bond donors (Lipinski definition) is 0. The molecule has 0 radical (unpaired) electrons. The Hall–Kier alpha value is -0.950. The van der Waals surface area contributed by atoms with E-state index in [2.05, 4.69) is 0 Å². The zero-order valence-corrected chi connectivity index (χ0v) is 14.4. The third kappa shape index (κ3) is 2.79. The van der Waals surface area contributed by atoms with Crippen molar-refractivity contribution in [1.29, 1.82) is 0 Å². The molecular weight excluding hydrogens is 332 g/mol. The van der Waals surface area contributed by atoms with Gasteiger partial charge in [0.25, 0.3) is 0 Å². The molecule has 24 heavy (non-hydrogen) atoms. The molecule has 0 amide bonds. The molecule has 4 bridgehead atoms. The molecule has 6 nitrogen and oxygen atoms in total. The van der Waals surface area contributed by atoms with E-state index in [0.29, 0.717) is 37.4 Å². The van der Waals surface area contributed by atoms with E-state index in [-0.39, 0.29) is 36.6 Å². The van der Waals surface area contributed by atoms with Crippen molar-refractivity contribution in [3.05, 3.63) is 0 Å². The van der Waals surface area contributed by atoms with Gasteiger partial charge in [-0.25, -0.2) is 8.42 Å². The first-order chi connectivity index (χ1) is 11.3. The predicted octanol–water partition coefficient (Wildman–Crippen LogP) is 1.78. The van der Waals surface area contributed by atoms with E-state index < -0.39 is 21.0 Å². The molecule has 0 aromatic carbocycles. The fraction of sp³-hybridized carbons (Fsp3) is 0.882. The minimum absolute atomic E-state index is 0.0605. The SMILES string of the molecule is O=C(OC12CC3CC(C1)C(=O)C(C3)C2)C1CCC(S(=O)(=O)[O-])CC1. The highest BCUT2D eigenvalue weighted by atomic mass is 32.2. The van der Waals surface area contributed by atoms with Crippen LogP contribution in [0.15, 0.2) is 0 Å². The van der Waals surface area contributed by atoms with Crippen molar-refractivity contribution in [2.45, 2.75) is 68.6 Å². The molecule has 0 N–H and O–H groups in total. The molecule has 5 aliphatic carbocycles. The highest BCUT2D eigenvalue weighted by Crippen LogP contribution is 2.55. The number of Topliss-reactive ketones (excluding diaryl/α,β-unsaturated/α-hetero) is 1. The second-order valence-electron chi connectivity index (χ2n) is 8.32. The van der Waals surface area contributed by atoms with E-state index >= 15 is 0 Å². The summed E-state index contributed by atoms with van der Waals surface area (Å²) in [7, 11) is -4.26. The first kappa shape index (κ1) is 16.5. The summed E-state index contributed by atoms with van der Waals surface area (Å²) < 4.78 is 39.2. The number of ketones is 1. The summed E-state index contributed by atoms with van der Waals surface area (Å²) in [5, 5.41) is -0.862. The molecular formula is C17H23O6S-. The van der Waals surface area contributed by atoms with E-state index in [4.69, 9.17) is 4.74 Å². The summed E-state index contributed by atoms with van der Waals surface area (Å²) in [5.74, 6) is 0.404. The highest BCUT2D eigenvalue weighted by Gasteiger charge is 2.57. The molecule has 2 unspecified atom stereocenters. The van der Waals surface area contributed by atoms with Crippen LogP contribution in [0.1, 0.15) is 57.8 Å². The third-order valence-electron chi connectivity index (χ3n) is 6.67. The molecule has 0 spiro atoms. The standard InChI is InChI=1S/C17H24O6S/c18-15-12-5-10-6-13(15)9-17(7-10,8-12)23-16(19)11-1-3-14(4-2-11)24(20,21)22/h10-14H,1-9H2,(H,20,21,22)/p-1. The maximum absolute atomic E-state index is 12.6. The van der Waals surface area contributed by atoms with E-state index in [9.17, 15) is 22.6 Å². The average molecular weight is 355 g/mol. The van der Waals surface area contributed by atoms with Crippen LogP contribution in [-0.4, -0.2) is 35.6 Å². The lowest BCUT2D eigenvalue weighted by atomic mass is 9.53. The normalized spacial score (nSPS) is 44.5. The monoisotopic (exact) mass is 355 g/mol. The number of ether oxygens (including phenoxy) is 1. The van der Waals surface area contributed by atoms with Crippen LogP contribution < -0.4 is 0 Å². The Morgan fingerprint density at radius 1 is 1.04 bits per heavy atom.